The summed E-state index contributed by atoms with van der Waals surface area (Å²) in [5.74, 6) is 0. The number of aromatic amines is 1. The Hall–Kier alpha value is -3.16. The molecule has 0 bridgehead atoms. The van der Waals surface area contributed by atoms with E-state index in [-0.39, 0.29) is 10.9 Å². The number of hydrogen-bond donors (Lipinski definition) is 1. The number of alkyl halides is 3. The summed E-state index contributed by atoms with van der Waals surface area (Å²) in [7, 11) is 0. The lowest BCUT2D eigenvalue weighted by molar-refractivity contribution is -0.140. The predicted octanol–water partition coefficient (Wildman–Crippen LogP) is 3.81. The molecule has 0 unspecified atom stereocenters. The monoisotopic (exact) mass is 358 g/mol. The van der Waals surface area contributed by atoms with Crippen LogP contribution in [0.15, 0.2) is 47.5 Å². The third-order valence-corrected chi connectivity index (χ3v) is 4.32. The van der Waals surface area contributed by atoms with Crippen LogP contribution in [0, 0.1) is 6.92 Å². The van der Waals surface area contributed by atoms with Crippen LogP contribution in [0.5, 0.6) is 0 Å². The van der Waals surface area contributed by atoms with Gasteiger partial charge in [-0.05, 0) is 18.6 Å². The van der Waals surface area contributed by atoms with E-state index in [2.05, 4.69) is 15.2 Å². The lowest BCUT2D eigenvalue weighted by atomic mass is 10.0. The summed E-state index contributed by atoms with van der Waals surface area (Å²) in [4.78, 5) is 17.0. The van der Waals surface area contributed by atoms with Gasteiger partial charge in [-0.15, -0.1) is 0 Å². The first-order valence-corrected chi connectivity index (χ1v) is 7.83. The van der Waals surface area contributed by atoms with Gasteiger partial charge in [0.25, 0.3) is 5.56 Å². The molecule has 0 aliphatic rings. The van der Waals surface area contributed by atoms with Gasteiger partial charge in [0.1, 0.15) is 6.54 Å². The van der Waals surface area contributed by atoms with Crippen LogP contribution in [0.3, 0.4) is 0 Å². The smallest absolute Gasteiger partial charge is 0.298 e. The molecule has 0 aliphatic carbocycles. The van der Waals surface area contributed by atoms with Crippen LogP contribution in [-0.2, 0) is 6.54 Å². The SMILES string of the molecule is Cc1ccccc1-c1cc2c(cn1)c1[nH]ncc1c(=O)n2CC(F)(F)F. The fraction of sp³-hybridized carbons (Fsp3) is 0.167. The summed E-state index contributed by atoms with van der Waals surface area (Å²) >= 11 is 0. The van der Waals surface area contributed by atoms with E-state index in [1.165, 1.54) is 18.5 Å². The van der Waals surface area contributed by atoms with Crippen LogP contribution in [0.4, 0.5) is 13.2 Å². The molecule has 0 spiro atoms. The van der Waals surface area contributed by atoms with Gasteiger partial charge in [-0.3, -0.25) is 19.4 Å². The number of fused-ring (bicyclic) bond motifs is 3. The summed E-state index contributed by atoms with van der Waals surface area (Å²) in [6.45, 7) is 0.517. The van der Waals surface area contributed by atoms with Gasteiger partial charge in [-0.2, -0.15) is 18.3 Å². The maximum Gasteiger partial charge on any atom is 0.406 e. The van der Waals surface area contributed by atoms with Crippen LogP contribution in [0.25, 0.3) is 33.1 Å². The highest BCUT2D eigenvalue weighted by molar-refractivity contribution is 6.03. The number of nitrogens with zero attached hydrogens (tertiary/aromatic N) is 3. The fourth-order valence-corrected chi connectivity index (χ4v) is 3.11. The second-order valence-corrected chi connectivity index (χ2v) is 6.07. The molecule has 0 fully saturated rings. The second-order valence-electron chi connectivity index (χ2n) is 6.07. The zero-order valence-electron chi connectivity index (χ0n) is 13.6. The molecule has 1 N–H and O–H groups in total. The van der Waals surface area contributed by atoms with E-state index in [9.17, 15) is 18.0 Å². The van der Waals surface area contributed by atoms with Crippen molar-refractivity contribution in [3.8, 4) is 11.3 Å². The number of aryl methyl sites for hydroxylation is 1. The minimum absolute atomic E-state index is 0.104. The van der Waals surface area contributed by atoms with Crippen molar-refractivity contribution in [3.05, 3.63) is 58.6 Å². The first-order valence-electron chi connectivity index (χ1n) is 7.83. The lowest BCUT2D eigenvalue weighted by Crippen LogP contribution is -2.28. The van der Waals surface area contributed by atoms with Crippen LogP contribution >= 0.6 is 0 Å². The molecule has 0 radical (unpaired) electrons. The molecule has 1 aromatic carbocycles. The van der Waals surface area contributed by atoms with Crippen LogP contribution in [0.2, 0.25) is 0 Å². The van der Waals surface area contributed by atoms with Crippen molar-refractivity contribution in [3.63, 3.8) is 0 Å². The molecular weight excluding hydrogens is 345 g/mol. The number of H-pyrrole nitrogens is 1. The van der Waals surface area contributed by atoms with E-state index in [1.54, 1.807) is 0 Å². The van der Waals surface area contributed by atoms with Crippen molar-refractivity contribution < 1.29 is 13.2 Å². The van der Waals surface area contributed by atoms with Gasteiger partial charge in [0.05, 0.1) is 28.3 Å². The number of hydrogen-bond acceptors (Lipinski definition) is 3. The molecule has 3 aromatic heterocycles. The van der Waals surface area contributed by atoms with Gasteiger partial charge in [-0.25, -0.2) is 0 Å². The average Bonchev–Trinajstić information content (AvgIpc) is 3.08. The third-order valence-electron chi connectivity index (χ3n) is 4.32. The van der Waals surface area contributed by atoms with E-state index >= 15 is 0 Å². The maximum absolute atomic E-state index is 13.1. The van der Waals surface area contributed by atoms with Gasteiger partial charge in [0.15, 0.2) is 0 Å². The molecule has 0 amide bonds. The standard InChI is InChI=1S/C18H13F3N4O/c1-10-4-2-3-5-11(10)14-6-15-12(7-22-14)16-13(8-23-24-16)17(26)25(15)9-18(19,20)21/h2-8H,9H2,1H3,(H,23,24). The Bertz CT molecular complexity index is 1190. The summed E-state index contributed by atoms with van der Waals surface area (Å²) in [5.41, 5.74) is 2.05. The van der Waals surface area contributed by atoms with Crippen molar-refractivity contribution in [1.82, 2.24) is 19.7 Å². The molecule has 26 heavy (non-hydrogen) atoms. The Morgan fingerprint density at radius 3 is 2.65 bits per heavy atom. The topological polar surface area (TPSA) is 63.6 Å². The van der Waals surface area contributed by atoms with Crippen molar-refractivity contribution in [1.29, 1.82) is 0 Å². The molecule has 5 nitrogen and oxygen atoms in total. The number of aromatic nitrogens is 4. The second kappa shape index (κ2) is 5.69. The Kier molecular flexibility index (Phi) is 3.57. The highest BCUT2D eigenvalue weighted by Crippen LogP contribution is 2.28. The number of benzene rings is 1. The molecule has 132 valence electrons. The molecule has 0 atom stereocenters. The van der Waals surface area contributed by atoms with Gasteiger partial charge in [-0.1, -0.05) is 24.3 Å². The molecule has 8 heteroatoms. The molecule has 0 saturated carbocycles. The van der Waals surface area contributed by atoms with Crippen LogP contribution in [0.1, 0.15) is 5.56 Å². The van der Waals surface area contributed by atoms with Crippen molar-refractivity contribution in [2.45, 2.75) is 19.6 Å². The quantitative estimate of drug-likeness (QED) is 0.593. The average molecular weight is 358 g/mol. The Labute approximate surface area is 145 Å². The highest BCUT2D eigenvalue weighted by Gasteiger charge is 2.30. The zero-order chi connectivity index (χ0) is 18.5. The minimum Gasteiger partial charge on any atom is -0.298 e. The van der Waals surface area contributed by atoms with Crippen LogP contribution in [-0.4, -0.2) is 25.9 Å². The normalized spacial score (nSPS) is 12.2. The highest BCUT2D eigenvalue weighted by atomic mass is 19.4. The van der Waals surface area contributed by atoms with Crippen molar-refractivity contribution in [2.75, 3.05) is 0 Å². The fourth-order valence-electron chi connectivity index (χ4n) is 3.11. The molecule has 0 aliphatic heterocycles. The van der Waals surface area contributed by atoms with Crippen LogP contribution < -0.4 is 5.56 Å². The Morgan fingerprint density at radius 2 is 1.92 bits per heavy atom. The number of pyridine rings is 2. The van der Waals surface area contributed by atoms with E-state index in [0.717, 1.165) is 15.7 Å². The first-order chi connectivity index (χ1) is 12.3. The third kappa shape index (κ3) is 2.63. The number of halogens is 3. The molecule has 3 heterocycles. The molecular formula is C18H13F3N4O. The summed E-state index contributed by atoms with van der Waals surface area (Å²) < 4.78 is 39.9. The van der Waals surface area contributed by atoms with Gasteiger partial charge < -0.3 is 0 Å². The van der Waals surface area contributed by atoms with Gasteiger partial charge in [0.2, 0.25) is 0 Å². The molecule has 4 aromatic rings. The molecule has 4 rings (SSSR count). The largest absolute Gasteiger partial charge is 0.406 e. The van der Waals surface area contributed by atoms with E-state index in [0.29, 0.717) is 16.6 Å². The van der Waals surface area contributed by atoms with Gasteiger partial charge in [0, 0.05) is 17.1 Å². The summed E-state index contributed by atoms with van der Waals surface area (Å²) in [6, 6.07) is 8.94. The van der Waals surface area contributed by atoms with E-state index in [4.69, 9.17) is 0 Å². The van der Waals surface area contributed by atoms with Gasteiger partial charge >= 0.3 is 6.18 Å². The predicted molar refractivity (Wildman–Crippen MR) is 91.9 cm³/mol. The summed E-state index contributed by atoms with van der Waals surface area (Å²) in [6.07, 6.45) is -1.82. The number of rotatable bonds is 2. The lowest BCUT2D eigenvalue weighted by Gasteiger charge is -2.14. The minimum atomic E-state index is -4.53. The molecule has 0 saturated heterocycles. The first kappa shape index (κ1) is 16.3. The zero-order valence-corrected chi connectivity index (χ0v) is 13.6. The Balaban J connectivity index is 2.08. The van der Waals surface area contributed by atoms with E-state index in [1.807, 2.05) is 31.2 Å². The van der Waals surface area contributed by atoms with Crippen molar-refractivity contribution in [2.24, 2.45) is 0 Å². The Morgan fingerprint density at radius 1 is 1.15 bits per heavy atom. The van der Waals surface area contributed by atoms with E-state index < -0.39 is 18.3 Å². The van der Waals surface area contributed by atoms with Crippen molar-refractivity contribution >= 4 is 21.8 Å². The number of nitrogens with one attached hydrogen (secondary N) is 1. The summed E-state index contributed by atoms with van der Waals surface area (Å²) in [5, 5.41) is 7.00. The maximum atomic E-state index is 13.1.